The first kappa shape index (κ1) is 28.4. The number of carbonyl (C=O) groups is 2. The van der Waals surface area contributed by atoms with Crippen LogP contribution in [0.1, 0.15) is 146 Å². The number of carbonyl (C=O) groups excluding carboxylic acids is 2. The second-order valence-corrected chi connectivity index (χ2v) is 9.24. The summed E-state index contributed by atoms with van der Waals surface area (Å²) in [6, 6.07) is 8.68. The minimum absolute atomic E-state index is 0.331. The number of hydrogen-bond donors (Lipinski definition) is 0. The Balaban J connectivity index is 1.77. The fraction of sp³-hybridized carbons (Fsp3) is 0.724. The van der Waals surface area contributed by atoms with Gasteiger partial charge in [-0.1, -0.05) is 141 Å². The van der Waals surface area contributed by atoms with E-state index in [4.69, 9.17) is 4.74 Å². The van der Waals surface area contributed by atoms with Crippen LogP contribution in [0.25, 0.3) is 0 Å². The van der Waals surface area contributed by atoms with Crippen LogP contribution in [-0.4, -0.2) is 11.9 Å². The Morgan fingerprint density at radius 3 is 1.34 bits per heavy atom. The summed E-state index contributed by atoms with van der Waals surface area (Å²) in [5.74, 6) is -0.959. The number of rotatable bonds is 21. The maximum absolute atomic E-state index is 11.8. The van der Waals surface area contributed by atoms with E-state index in [1.807, 2.05) is 6.07 Å². The van der Waals surface area contributed by atoms with Crippen molar-refractivity contribution in [2.24, 2.45) is 0 Å². The molecule has 182 valence electrons. The molecule has 0 N–H and O–H groups in total. The van der Waals surface area contributed by atoms with Crippen molar-refractivity contribution in [3.05, 3.63) is 35.9 Å². The lowest BCUT2D eigenvalue weighted by atomic mass is 10.0. The van der Waals surface area contributed by atoms with E-state index in [1.54, 1.807) is 24.3 Å². The summed E-state index contributed by atoms with van der Waals surface area (Å²) in [7, 11) is 0. The summed E-state index contributed by atoms with van der Waals surface area (Å²) in [6.07, 6.45) is 25.6. The Hall–Kier alpha value is -1.64. The number of unbranched alkanes of at least 4 members (excludes halogenated alkanes) is 18. The van der Waals surface area contributed by atoms with Crippen LogP contribution in [0, 0.1) is 0 Å². The molecule has 0 heterocycles. The molecule has 32 heavy (non-hydrogen) atoms. The molecule has 0 bridgehead atoms. The van der Waals surface area contributed by atoms with Gasteiger partial charge >= 0.3 is 11.9 Å². The summed E-state index contributed by atoms with van der Waals surface area (Å²) in [6.45, 7) is 2.28. The Bertz CT molecular complexity index is 567. The molecule has 0 unspecified atom stereocenters. The molecule has 0 radical (unpaired) electrons. The third-order valence-electron chi connectivity index (χ3n) is 6.20. The average Bonchev–Trinajstić information content (AvgIpc) is 2.81. The summed E-state index contributed by atoms with van der Waals surface area (Å²) < 4.78 is 4.90. The second kappa shape index (κ2) is 21.2. The van der Waals surface area contributed by atoms with E-state index in [-0.39, 0.29) is 0 Å². The van der Waals surface area contributed by atoms with Crippen LogP contribution in [0.2, 0.25) is 0 Å². The SMILES string of the molecule is CCCCCCCCCCCCCCCCCCCCCC(=O)OC(=O)c1ccccc1. The lowest BCUT2D eigenvalue weighted by Gasteiger charge is -2.04. The Labute approximate surface area is 197 Å². The highest BCUT2D eigenvalue weighted by molar-refractivity contribution is 5.96. The van der Waals surface area contributed by atoms with Crippen molar-refractivity contribution in [1.29, 1.82) is 0 Å². The molecule has 0 spiro atoms. The fourth-order valence-electron chi connectivity index (χ4n) is 4.14. The molecule has 3 heteroatoms. The van der Waals surface area contributed by atoms with Gasteiger partial charge in [-0.3, -0.25) is 4.79 Å². The summed E-state index contributed by atoms with van der Waals surface area (Å²) in [5.41, 5.74) is 0.425. The van der Waals surface area contributed by atoms with E-state index in [2.05, 4.69) is 6.92 Å². The zero-order valence-corrected chi connectivity index (χ0v) is 20.8. The predicted octanol–water partition coefficient (Wildman–Crippen LogP) is 9.19. The molecule has 0 saturated heterocycles. The minimum atomic E-state index is -0.548. The van der Waals surface area contributed by atoms with Gasteiger partial charge in [0.1, 0.15) is 0 Å². The molecule has 1 rings (SSSR count). The predicted molar refractivity (Wildman–Crippen MR) is 135 cm³/mol. The summed E-state index contributed by atoms with van der Waals surface area (Å²) in [4.78, 5) is 23.6. The third-order valence-corrected chi connectivity index (χ3v) is 6.20. The van der Waals surface area contributed by atoms with Crippen LogP contribution >= 0.6 is 0 Å². The number of hydrogen-bond acceptors (Lipinski definition) is 3. The highest BCUT2D eigenvalue weighted by atomic mass is 16.6. The normalized spacial score (nSPS) is 10.9. The van der Waals surface area contributed by atoms with Crippen molar-refractivity contribution >= 4 is 11.9 Å². The van der Waals surface area contributed by atoms with Gasteiger partial charge in [-0.15, -0.1) is 0 Å². The molecule has 0 fully saturated rings. The first-order valence-corrected chi connectivity index (χ1v) is 13.5. The molecule has 1 aromatic rings. The van der Waals surface area contributed by atoms with Gasteiger partial charge in [-0.05, 0) is 18.6 Å². The van der Waals surface area contributed by atoms with Gasteiger partial charge in [0.25, 0.3) is 0 Å². The lowest BCUT2D eigenvalue weighted by Crippen LogP contribution is -2.12. The van der Waals surface area contributed by atoms with Gasteiger partial charge in [0.15, 0.2) is 0 Å². The molecular formula is C29H48O3. The molecule has 0 aliphatic carbocycles. The molecule has 0 aromatic heterocycles. The average molecular weight is 445 g/mol. The maximum atomic E-state index is 11.8. The summed E-state index contributed by atoms with van der Waals surface area (Å²) >= 11 is 0. The van der Waals surface area contributed by atoms with E-state index in [0.29, 0.717) is 12.0 Å². The first-order valence-electron chi connectivity index (χ1n) is 13.5. The monoisotopic (exact) mass is 444 g/mol. The smallest absolute Gasteiger partial charge is 0.345 e. The zero-order valence-electron chi connectivity index (χ0n) is 20.8. The highest BCUT2D eigenvalue weighted by Crippen LogP contribution is 2.15. The molecule has 0 amide bonds. The second-order valence-electron chi connectivity index (χ2n) is 9.24. The molecule has 0 aliphatic rings. The van der Waals surface area contributed by atoms with Crippen molar-refractivity contribution in [2.45, 2.75) is 135 Å². The van der Waals surface area contributed by atoms with E-state index < -0.39 is 11.9 Å². The molecule has 0 atom stereocenters. The van der Waals surface area contributed by atoms with Gasteiger partial charge < -0.3 is 4.74 Å². The van der Waals surface area contributed by atoms with Crippen LogP contribution in [0.5, 0.6) is 0 Å². The fourth-order valence-corrected chi connectivity index (χ4v) is 4.14. The molecule has 0 aliphatic heterocycles. The largest absolute Gasteiger partial charge is 0.389 e. The molecule has 3 nitrogen and oxygen atoms in total. The van der Waals surface area contributed by atoms with E-state index in [1.165, 1.54) is 109 Å². The van der Waals surface area contributed by atoms with Crippen LogP contribution < -0.4 is 0 Å². The Kier molecular flexibility index (Phi) is 18.8. The highest BCUT2D eigenvalue weighted by Gasteiger charge is 2.11. The third kappa shape index (κ3) is 17.0. The van der Waals surface area contributed by atoms with Crippen molar-refractivity contribution < 1.29 is 14.3 Å². The van der Waals surface area contributed by atoms with E-state index in [9.17, 15) is 9.59 Å². The van der Waals surface area contributed by atoms with Gasteiger partial charge in [0.2, 0.25) is 0 Å². The van der Waals surface area contributed by atoms with Gasteiger partial charge in [0.05, 0.1) is 5.56 Å². The lowest BCUT2D eigenvalue weighted by molar-refractivity contribution is -0.138. The number of ether oxygens (including phenoxy) is 1. The topological polar surface area (TPSA) is 43.4 Å². The van der Waals surface area contributed by atoms with Crippen molar-refractivity contribution in [2.75, 3.05) is 0 Å². The van der Waals surface area contributed by atoms with E-state index >= 15 is 0 Å². The Morgan fingerprint density at radius 2 is 0.938 bits per heavy atom. The standard InChI is InChI=1S/C29H48O3/c1-2-3-4-5-6-7-8-9-10-11-12-13-14-15-16-17-18-19-23-26-28(30)32-29(31)27-24-21-20-22-25-27/h20-22,24-25H,2-19,23,26H2,1H3. The number of benzene rings is 1. The molecule has 0 saturated carbocycles. The van der Waals surface area contributed by atoms with Crippen molar-refractivity contribution in [1.82, 2.24) is 0 Å². The summed E-state index contributed by atoms with van der Waals surface area (Å²) in [5, 5.41) is 0. The van der Waals surface area contributed by atoms with Crippen LogP contribution in [-0.2, 0) is 9.53 Å². The zero-order chi connectivity index (χ0) is 23.1. The van der Waals surface area contributed by atoms with Gasteiger partial charge in [-0.25, -0.2) is 4.79 Å². The van der Waals surface area contributed by atoms with Crippen molar-refractivity contribution in [3.8, 4) is 0 Å². The quantitative estimate of drug-likeness (QED) is 0.108. The van der Waals surface area contributed by atoms with E-state index in [0.717, 1.165) is 12.8 Å². The minimum Gasteiger partial charge on any atom is -0.389 e. The van der Waals surface area contributed by atoms with Crippen LogP contribution in [0.3, 0.4) is 0 Å². The number of esters is 2. The van der Waals surface area contributed by atoms with Crippen LogP contribution in [0.15, 0.2) is 30.3 Å². The van der Waals surface area contributed by atoms with Crippen molar-refractivity contribution in [3.63, 3.8) is 0 Å². The van der Waals surface area contributed by atoms with Gasteiger partial charge in [0, 0.05) is 6.42 Å². The van der Waals surface area contributed by atoms with Gasteiger partial charge in [-0.2, -0.15) is 0 Å². The Morgan fingerprint density at radius 1 is 0.562 bits per heavy atom. The molecular weight excluding hydrogens is 396 g/mol. The first-order chi connectivity index (χ1) is 15.7. The van der Waals surface area contributed by atoms with Crippen LogP contribution in [0.4, 0.5) is 0 Å². The molecule has 1 aromatic carbocycles. The maximum Gasteiger partial charge on any atom is 0.345 e.